The number of anilines is 1. The van der Waals surface area contributed by atoms with E-state index < -0.39 is 5.97 Å². The third-order valence-electron chi connectivity index (χ3n) is 4.17. The number of carbonyl (C=O) groups excluding carboxylic acids is 2. The van der Waals surface area contributed by atoms with Crippen molar-refractivity contribution in [3.63, 3.8) is 0 Å². The number of rotatable bonds is 7. The van der Waals surface area contributed by atoms with Crippen molar-refractivity contribution < 1.29 is 19.5 Å². The number of benzene rings is 1. The Hall–Kier alpha value is -2.74. The molecule has 1 aromatic carbocycles. The van der Waals surface area contributed by atoms with E-state index in [2.05, 4.69) is 4.98 Å². The smallest absolute Gasteiger partial charge is 0.326 e. The summed E-state index contributed by atoms with van der Waals surface area (Å²) in [5.74, 6) is -1.04. The van der Waals surface area contributed by atoms with Crippen LogP contribution in [0.2, 0.25) is 0 Å². The highest BCUT2D eigenvalue weighted by molar-refractivity contribution is 7.17. The van der Waals surface area contributed by atoms with Gasteiger partial charge in [0.05, 0.1) is 10.6 Å². The Morgan fingerprint density at radius 3 is 2.65 bits per heavy atom. The number of ketones is 1. The molecule has 0 spiro atoms. The standard InChI is InChI=1S/C18H19N3O4S/c1-12-16(14(22)8-7-13-5-3-2-4-6-13)26-17(19-12)21-10-9-20(18(21)25)11-15(23)24/h2-6H,7-11H2,1H3,(H,23,24). The maximum Gasteiger partial charge on any atom is 0.326 e. The van der Waals surface area contributed by atoms with Gasteiger partial charge in [0.1, 0.15) is 6.54 Å². The van der Waals surface area contributed by atoms with E-state index in [1.165, 1.54) is 21.1 Å². The van der Waals surface area contributed by atoms with Gasteiger partial charge in [-0.1, -0.05) is 41.7 Å². The molecule has 0 unspecified atom stereocenters. The first-order valence-corrected chi connectivity index (χ1v) is 9.10. The van der Waals surface area contributed by atoms with Crippen molar-refractivity contribution in [1.82, 2.24) is 9.88 Å². The summed E-state index contributed by atoms with van der Waals surface area (Å²) >= 11 is 1.20. The first-order chi connectivity index (χ1) is 12.5. The molecule has 7 nitrogen and oxygen atoms in total. The minimum atomic E-state index is -1.05. The summed E-state index contributed by atoms with van der Waals surface area (Å²) < 4.78 is 0. The number of carboxylic acid groups (broad SMARTS) is 1. The molecule has 1 N–H and O–H groups in total. The highest BCUT2D eigenvalue weighted by Crippen LogP contribution is 2.29. The number of hydrogen-bond donors (Lipinski definition) is 1. The second kappa shape index (κ2) is 7.65. The zero-order valence-corrected chi connectivity index (χ0v) is 15.2. The molecule has 0 atom stereocenters. The molecule has 0 saturated carbocycles. The molecule has 1 fully saturated rings. The molecule has 1 saturated heterocycles. The van der Waals surface area contributed by atoms with Crippen LogP contribution in [0.1, 0.15) is 27.3 Å². The Balaban J connectivity index is 1.68. The third kappa shape index (κ3) is 3.91. The van der Waals surface area contributed by atoms with E-state index in [-0.39, 0.29) is 18.4 Å². The molecule has 2 heterocycles. The maximum atomic E-state index is 12.5. The van der Waals surface area contributed by atoms with Crippen molar-refractivity contribution in [2.45, 2.75) is 19.8 Å². The van der Waals surface area contributed by atoms with Crippen LogP contribution < -0.4 is 4.90 Å². The summed E-state index contributed by atoms with van der Waals surface area (Å²) in [5, 5.41) is 9.30. The van der Waals surface area contributed by atoms with Gasteiger partial charge >= 0.3 is 12.0 Å². The molecular weight excluding hydrogens is 354 g/mol. The molecule has 8 heteroatoms. The number of hydrogen-bond acceptors (Lipinski definition) is 5. The highest BCUT2D eigenvalue weighted by atomic mass is 32.1. The first kappa shape index (κ1) is 18.1. The number of thiazole rings is 1. The number of aromatic nitrogens is 1. The van der Waals surface area contributed by atoms with Crippen LogP contribution in [0.15, 0.2) is 30.3 Å². The lowest BCUT2D eigenvalue weighted by Crippen LogP contribution is -2.35. The lowest BCUT2D eigenvalue weighted by atomic mass is 10.1. The molecule has 0 radical (unpaired) electrons. The van der Waals surface area contributed by atoms with Crippen molar-refractivity contribution in [3.8, 4) is 0 Å². The minimum absolute atomic E-state index is 0.00383. The van der Waals surface area contributed by atoms with Gasteiger partial charge in [0.15, 0.2) is 10.9 Å². The van der Waals surface area contributed by atoms with Gasteiger partial charge < -0.3 is 10.0 Å². The quantitative estimate of drug-likeness (QED) is 0.754. The summed E-state index contributed by atoms with van der Waals surface area (Å²) in [7, 11) is 0. The molecule has 1 aromatic heterocycles. The Morgan fingerprint density at radius 2 is 1.96 bits per heavy atom. The zero-order valence-electron chi connectivity index (χ0n) is 14.3. The summed E-state index contributed by atoms with van der Waals surface area (Å²) in [6.07, 6.45) is 1.03. The molecule has 26 heavy (non-hydrogen) atoms. The number of aliphatic carboxylic acids is 1. The minimum Gasteiger partial charge on any atom is -0.480 e. The van der Waals surface area contributed by atoms with Crippen molar-refractivity contribution in [1.29, 1.82) is 0 Å². The topological polar surface area (TPSA) is 90.8 Å². The number of amides is 2. The second-order valence-electron chi connectivity index (χ2n) is 6.07. The lowest BCUT2D eigenvalue weighted by molar-refractivity contribution is -0.137. The molecule has 0 bridgehead atoms. The highest BCUT2D eigenvalue weighted by Gasteiger charge is 2.33. The third-order valence-corrected chi connectivity index (χ3v) is 5.40. The van der Waals surface area contributed by atoms with Gasteiger partial charge in [-0.25, -0.2) is 9.78 Å². The van der Waals surface area contributed by atoms with E-state index in [0.29, 0.717) is 41.6 Å². The fourth-order valence-electron chi connectivity index (χ4n) is 2.84. The normalized spacial score (nSPS) is 14.1. The Kier molecular flexibility index (Phi) is 5.32. The van der Waals surface area contributed by atoms with Crippen LogP contribution in [-0.4, -0.2) is 52.4 Å². The van der Waals surface area contributed by atoms with E-state index >= 15 is 0 Å². The summed E-state index contributed by atoms with van der Waals surface area (Å²) in [6, 6.07) is 9.40. The average molecular weight is 373 g/mol. The van der Waals surface area contributed by atoms with Crippen LogP contribution in [0.4, 0.5) is 9.93 Å². The van der Waals surface area contributed by atoms with Gasteiger partial charge in [0, 0.05) is 19.5 Å². The molecule has 136 valence electrons. The Labute approximate surface area is 154 Å². The van der Waals surface area contributed by atoms with E-state index in [1.807, 2.05) is 30.3 Å². The van der Waals surface area contributed by atoms with Gasteiger partial charge in [0.2, 0.25) is 0 Å². The lowest BCUT2D eigenvalue weighted by Gasteiger charge is -2.14. The van der Waals surface area contributed by atoms with Crippen LogP contribution in [0, 0.1) is 6.92 Å². The van der Waals surface area contributed by atoms with Gasteiger partial charge in [-0.3, -0.25) is 14.5 Å². The van der Waals surface area contributed by atoms with Gasteiger partial charge in [-0.15, -0.1) is 0 Å². The zero-order chi connectivity index (χ0) is 18.7. The molecule has 0 aliphatic carbocycles. The molecule has 1 aliphatic rings. The van der Waals surface area contributed by atoms with Crippen LogP contribution in [0.3, 0.4) is 0 Å². The largest absolute Gasteiger partial charge is 0.480 e. The summed E-state index contributed by atoms with van der Waals surface area (Å²) in [4.78, 5) is 43.3. The molecular formula is C18H19N3O4S. The van der Waals surface area contributed by atoms with Crippen LogP contribution in [0.5, 0.6) is 0 Å². The number of nitrogens with zero attached hydrogens (tertiary/aromatic N) is 3. The SMILES string of the molecule is Cc1nc(N2CCN(CC(=O)O)C2=O)sc1C(=O)CCc1ccccc1. The van der Waals surface area contributed by atoms with Gasteiger partial charge in [-0.05, 0) is 18.9 Å². The van der Waals surface area contributed by atoms with E-state index in [0.717, 1.165) is 5.56 Å². The van der Waals surface area contributed by atoms with Crippen molar-refractivity contribution in [3.05, 3.63) is 46.5 Å². The van der Waals surface area contributed by atoms with Crippen LogP contribution in [0.25, 0.3) is 0 Å². The Bertz CT molecular complexity index is 834. The number of aryl methyl sites for hydroxylation is 2. The fourth-order valence-corrected chi connectivity index (χ4v) is 3.90. The number of urea groups is 1. The Morgan fingerprint density at radius 1 is 1.23 bits per heavy atom. The molecule has 2 amide bonds. The second-order valence-corrected chi connectivity index (χ2v) is 7.05. The van der Waals surface area contributed by atoms with E-state index in [4.69, 9.17) is 5.11 Å². The molecule has 2 aromatic rings. The molecule has 1 aliphatic heterocycles. The molecule has 3 rings (SSSR count). The predicted molar refractivity (Wildman–Crippen MR) is 97.9 cm³/mol. The van der Waals surface area contributed by atoms with Gasteiger partial charge in [-0.2, -0.15) is 0 Å². The van der Waals surface area contributed by atoms with Crippen molar-refractivity contribution in [2.75, 3.05) is 24.5 Å². The summed E-state index contributed by atoms with van der Waals surface area (Å²) in [5.41, 5.74) is 1.70. The summed E-state index contributed by atoms with van der Waals surface area (Å²) in [6.45, 7) is 2.13. The fraction of sp³-hybridized carbons (Fsp3) is 0.333. The van der Waals surface area contributed by atoms with Crippen molar-refractivity contribution in [2.24, 2.45) is 0 Å². The number of Topliss-reactive ketones (excluding diaryl/α,β-unsaturated/α-hetero) is 1. The van der Waals surface area contributed by atoms with Gasteiger partial charge in [0.25, 0.3) is 0 Å². The average Bonchev–Trinajstić information content (AvgIpc) is 3.16. The van der Waals surface area contributed by atoms with E-state index in [1.54, 1.807) is 6.92 Å². The van der Waals surface area contributed by atoms with E-state index in [9.17, 15) is 14.4 Å². The predicted octanol–water partition coefficient (Wildman–Crippen LogP) is 2.59. The number of carbonyl (C=O) groups is 3. The maximum absolute atomic E-state index is 12.5. The van der Waals surface area contributed by atoms with Crippen LogP contribution in [-0.2, 0) is 11.2 Å². The first-order valence-electron chi connectivity index (χ1n) is 8.28. The van der Waals surface area contributed by atoms with Crippen LogP contribution >= 0.6 is 11.3 Å². The van der Waals surface area contributed by atoms with Crippen molar-refractivity contribution >= 4 is 34.3 Å². The monoisotopic (exact) mass is 373 g/mol. The number of carboxylic acids is 1.